The number of rotatable bonds is 3. The van der Waals surface area contributed by atoms with E-state index in [9.17, 15) is 0 Å². The average Bonchev–Trinajstić information content (AvgIpc) is 2.89. The van der Waals surface area contributed by atoms with Gasteiger partial charge in [0.25, 0.3) is 0 Å². The lowest BCUT2D eigenvalue weighted by molar-refractivity contribution is 0.768. The van der Waals surface area contributed by atoms with Gasteiger partial charge in [0, 0.05) is 18.0 Å². The van der Waals surface area contributed by atoms with Crippen LogP contribution in [0.1, 0.15) is 22.0 Å². The maximum atomic E-state index is 4.65. The van der Waals surface area contributed by atoms with Crippen LogP contribution >= 0.6 is 11.3 Å². The van der Waals surface area contributed by atoms with Crippen LogP contribution in [0, 0.1) is 0 Å². The van der Waals surface area contributed by atoms with Gasteiger partial charge in [0.15, 0.2) is 0 Å². The number of hydrogen-bond donors (Lipinski definition) is 1. The number of thiazole rings is 1. The minimum Gasteiger partial charge on any atom is -0.364 e. The first kappa shape index (κ1) is 9.84. The molecule has 0 spiro atoms. The first-order valence-corrected chi connectivity index (χ1v) is 6.34. The lowest BCUT2D eigenvalue weighted by Crippen LogP contribution is -2.04. The van der Waals surface area contributed by atoms with Gasteiger partial charge < -0.3 is 5.32 Å². The van der Waals surface area contributed by atoms with Crippen molar-refractivity contribution in [1.29, 1.82) is 0 Å². The number of anilines is 1. The number of hydrogen-bond acceptors (Lipinski definition) is 4. The van der Waals surface area contributed by atoms with Crippen molar-refractivity contribution >= 4 is 17.2 Å². The summed E-state index contributed by atoms with van der Waals surface area (Å²) in [6, 6.07) is 1.97. The fourth-order valence-corrected chi connectivity index (χ4v) is 3.13. The SMILES string of the molecule is Cn1nccc1NCc1nc2c(s1)CCC2. The molecule has 1 aliphatic rings. The van der Waals surface area contributed by atoms with Gasteiger partial charge in [-0.25, -0.2) is 4.98 Å². The standard InChI is InChI=1S/C11H14N4S/c1-15-10(5-6-13-15)12-7-11-14-8-3-2-4-9(8)16-11/h5-6,12H,2-4,7H2,1H3. The Hall–Kier alpha value is -1.36. The summed E-state index contributed by atoms with van der Waals surface area (Å²) in [4.78, 5) is 6.13. The maximum Gasteiger partial charge on any atom is 0.124 e. The van der Waals surface area contributed by atoms with Crippen molar-refractivity contribution < 1.29 is 0 Å². The van der Waals surface area contributed by atoms with Gasteiger partial charge in [0.05, 0.1) is 18.4 Å². The fraction of sp³-hybridized carbons (Fsp3) is 0.455. The van der Waals surface area contributed by atoms with Crippen LogP contribution in [-0.2, 0) is 26.4 Å². The first-order chi connectivity index (χ1) is 7.83. The molecule has 3 rings (SSSR count). The number of nitrogens with one attached hydrogen (secondary N) is 1. The van der Waals surface area contributed by atoms with Crippen LogP contribution in [0.2, 0.25) is 0 Å². The molecule has 1 N–H and O–H groups in total. The molecular weight excluding hydrogens is 220 g/mol. The fourth-order valence-electron chi connectivity index (χ4n) is 2.03. The van der Waals surface area contributed by atoms with Crippen LogP contribution in [0.3, 0.4) is 0 Å². The molecule has 0 radical (unpaired) electrons. The summed E-state index contributed by atoms with van der Waals surface area (Å²) in [6.07, 6.45) is 5.46. The normalized spacial score (nSPS) is 14.1. The molecule has 0 atom stereocenters. The predicted molar refractivity (Wildman–Crippen MR) is 64.7 cm³/mol. The molecular formula is C11H14N4S. The lowest BCUT2D eigenvalue weighted by Gasteiger charge is -2.03. The second-order valence-electron chi connectivity index (χ2n) is 4.02. The Bertz CT molecular complexity index is 478. The molecule has 0 amide bonds. The average molecular weight is 234 g/mol. The summed E-state index contributed by atoms with van der Waals surface area (Å²) in [5, 5.41) is 8.65. The van der Waals surface area contributed by atoms with E-state index in [1.54, 1.807) is 6.20 Å². The molecule has 0 unspecified atom stereocenters. The monoisotopic (exact) mass is 234 g/mol. The van der Waals surface area contributed by atoms with Crippen molar-refractivity contribution in [2.45, 2.75) is 25.8 Å². The van der Waals surface area contributed by atoms with Crippen LogP contribution in [0.4, 0.5) is 5.82 Å². The first-order valence-electron chi connectivity index (χ1n) is 5.52. The summed E-state index contributed by atoms with van der Waals surface area (Å²) in [5.74, 6) is 1.04. The Morgan fingerprint density at radius 2 is 2.44 bits per heavy atom. The third-order valence-electron chi connectivity index (χ3n) is 2.88. The number of nitrogens with zero attached hydrogens (tertiary/aromatic N) is 3. The smallest absolute Gasteiger partial charge is 0.124 e. The van der Waals surface area contributed by atoms with E-state index < -0.39 is 0 Å². The highest BCUT2D eigenvalue weighted by atomic mass is 32.1. The highest BCUT2D eigenvalue weighted by Crippen LogP contribution is 2.27. The largest absolute Gasteiger partial charge is 0.364 e. The molecule has 0 aromatic carbocycles. The Balaban J connectivity index is 1.69. The van der Waals surface area contributed by atoms with Gasteiger partial charge in [0.1, 0.15) is 10.8 Å². The molecule has 0 aliphatic heterocycles. The van der Waals surface area contributed by atoms with E-state index in [1.807, 2.05) is 29.1 Å². The summed E-state index contributed by atoms with van der Waals surface area (Å²) >= 11 is 1.85. The van der Waals surface area contributed by atoms with Gasteiger partial charge >= 0.3 is 0 Å². The Morgan fingerprint density at radius 1 is 1.50 bits per heavy atom. The molecule has 1 aliphatic carbocycles. The van der Waals surface area contributed by atoms with Crippen LogP contribution in [-0.4, -0.2) is 14.8 Å². The molecule has 5 heteroatoms. The Kier molecular flexibility index (Phi) is 2.40. The zero-order chi connectivity index (χ0) is 11.0. The van der Waals surface area contributed by atoms with E-state index in [2.05, 4.69) is 15.4 Å². The van der Waals surface area contributed by atoms with E-state index in [-0.39, 0.29) is 0 Å². The van der Waals surface area contributed by atoms with Gasteiger partial charge in [-0.1, -0.05) is 0 Å². The van der Waals surface area contributed by atoms with Gasteiger partial charge in [-0.3, -0.25) is 4.68 Å². The molecule has 84 valence electrons. The van der Waals surface area contributed by atoms with Gasteiger partial charge in [-0.2, -0.15) is 5.10 Å². The molecule has 0 saturated carbocycles. The number of aryl methyl sites for hydroxylation is 3. The second kappa shape index (κ2) is 3.90. The molecule has 2 aromatic rings. The van der Waals surface area contributed by atoms with Crippen molar-refractivity contribution in [3.05, 3.63) is 27.8 Å². The highest BCUT2D eigenvalue weighted by molar-refractivity contribution is 7.11. The Morgan fingerprint density at radius 3 is 3.19 bits per heavy atom. The van der Waals surface area contributed by atoms with Gasteiger partial charge in [-0.05, 0) is 19.3 Å². The Labute approximate surface area is 98.3 Å². The van der Waals surface area contributed by atoms with E-state index in [4.69, 9.17) is 0 Å². The summed E-state index contributed by atoms with van der Waals surface area (Å²) in [6.45, 7) is 0.803. The molecule has 16 heavy (non-hydrogen) atoms. The van der Waals surface area contributed by atoms with Gasteiger partial charge in [-0.15, -0.1) is 11.3 Å². The molecule has 0 bridgehead atoms. The lowest BCUT2D eigenvalue weighted by atomic mass is 10.4. The van der Waals surface area contributed by atoms with Gasteiger partial charge in [0.2, 0.25) is 0 Å². The predicted octanol–water partition coefficient (Wildman–Crippen LogP) is 1.98. The van der Waals surface area contributed by atoms with E-state index in [0.717, 1.165) is 18.8 Å². The van der Waals surface area contributed by atoms with E-state index in [1.165, 1.54) is 28.4 Å². The van der Waals surface area contributed by atoms with Crippen molar-refractivity contribution in [3.8, 4) is 0 Å². The minimum absolute atomic E-state index is 0.803. The zero-order valence-electron chi connectivity index (χ0n) is 9.23. The molecule has 2 heterocycles. The maximum absolute atomic E-state index is 4.65. The summed E-state index contributed by atoms with van der Waals surface area (Å²) in [7, 11) is 1.93. The molecule has 4 nitrogen and oxygen atoms in total. The molecule has 2 aromatic heterocycles. The molecule has 0 saturated heterocycles. The van der Waals surface area contributed by atoms with E-state index >= 15 is 0 Å². The second-order valence-corrected chi connectivity index (χ2v) is 5.19. The molecule has 0 fully saturated rings. The summed E-state index contributed by atoms with van der Waals surface area (Å²) in [5.41, 5.74) is 1.33. The van der Waals surface area contributed by atoms with Crippen molar-refractivity contribution in [2.75, 3.05) is 5.32 Å². The van der Waals surface area contributed by atoms with Crippen LogP contribution in [0.25, 0.3) is 0 Å². The van der Waals surface area contributed by atoms with Crippen molar-refractivity contribution in [2.24, 2.45) is 7.05 Å². The summed E-state index contributed by atoms with van der Waals surface area (Å²) < 4.78 is 1.83. The number of fused-ring (bicyclic) bond motifs is 1. The van der Waals surface area contributed by atoms with Crippen molar-refractivity contribution in [1.82, 2.24) is 14.8 Å². The van der Waals surface area contributed by atoms with Crippen LogP contribution < -0.4 is 5.32 Å². The topological polar surface area (TPSA) is 42.7 Å². The van der Waals surface area contributed by atoms with Crippen LogP contribution in [0.5, 0.6) is 0 Å². The third kappa shape index (κ3) is 1.71. The minimum atomic E-state index is 0.803. The third-order valence-corrected chi connectivity index (χ3v) is 4.04. The highest BCUT2D eigenvalue weighted by Gasteiger charge is 2.16. The zero-order valence-corrected chi connectivity index (χ0v) is 10.0. The van der Waals surface area contributed by atoms with Crippen molar-refractivity contribution in [3.63, 3.8) is 0 Å². The number of aromatic nitrogens is 3. The van der Waals surface area contributed by atoms with E-state index in [0.29, 0.717) is 0 Å². The quantitative estimate of drug-likeness (QED) is 0.883. The van der Waals surface area contributed by atoms with Crippen LogP contribution in [0.15, 0.2) is 12.3 Å².